The van der Waals surface area contributed by atoms with Crippen LogP contribution in [0.25, 0.3) is 0 Å². The molecule has 45 heavy (non-hydrogen) atoms. The summed E-state index contributed by atoms with van der Waals surface area (Å²) in [6, 6.07) is 6.30. The molecule has 0 aliphatic heterocycles. The molecule has 3 aromatic rings. The van der Waals surface area contributed by atoms with Gasteiger partial charge in [-0.1, -0.05) is 31.3 Å². The Morgan fingerprint density at radius 1 is 0.822 bits per heavy atom. The van der Waals surface area contributed by atoms with Crippen molar-refractivity contribution in [3.63, 3.8) is 0 Å². The van der Waals surface area contributed by atoms with E-state index in [0.717, 1.165) is 30.3 Å². The molecule has 0 unspecified atom stereocenters. The van der Waals surface area contributed by atoms with Crippen LogP contribution in [-0.4, -0.2) is 32.7 Å². The first-order chi connectivity index (χ1) is 20.8. The van der Waals surface area contributed by atoms with Crippen molar-refractivity contribution in [1.29, 1.82) is 0 Å². The van der Waals surface area contributed by atoms with Crippen molar-refractivity contribution in [3.8, 4) is 0 Å². The molecule has 1 aliphatic rings. The lowest BCUT2D eigenvalue weighted by Gasteiger charge is -2.15. The van der Waals surface area contributed by atoms with Gasteiger partial charge in [0.15, 0.2) is 0 Å². The number of hydrogen-bond acceptors (Lipinski definition) is 3. The number of rotatable bonds is 7. The first-order valence-electron chi connectivity index (χ1n) is 12.0. The molecule has 240 valence electrons. The highest BCUT2D eigenvalue weighted by Crippen LogP contribution is 2.65. The number of amides is 3. The molecular formula is C27H15Cl2F9IN3O3. The molecule has 0 heterocycles. The summed E-state index contributed by atoms with van der Waals surface area (Å²) in [5, 5.41) is 5.92. The van der Waals surface area contributed by atoms with E-state index in [1.165, 1.54) is 5.32 Å². The Hall–Kier alpha value is -3.38. The molecule has 1 aliphatic carbocycles. The first-order valence-corrected chi connectivity index (χ1v) is 15.4. The van der Waals surface area contributed by atoms with Crippen LogP contribution in [0, 0.1) is 26.9 Å². The highest BCUT2D eigenvalue weighted by molar-refractivity contribution is 14.2. The predicted molar refractivity (Wildman–Crippen MR) is 156 cm³/mol. The molecule has 2 atom stereocenters. The zero-order valence-corrected chi connectivity index (χ0v) is 25.4. The molecule has 18 heteroatoms. The van der Waals surface area contributed by atoms with Crippen LogP contribution in [0.3, 0.4) is 0 Å². The Bertz CT molecular complexity index is 1730. The number of nitrogens with one attached hydrogen (secondary N) is 3. The maximum Gasteiger partial charge on any atom is 0.471 e. The Morgan fingerprint density at radius 3 is 2.04 bits per heavy atom. The summed E-state index contributed by atoms with van der Waals surface area (Å²) in [4.78, 5) is 37.3. The zero-order chi connectivity index (χ0) is 33.6. The molecule has 1 fully saturated rings. The smallest absolute Gasteiger partial charge is 0.326 e. The quantitative estimate of drug-likeness (QED) is 0.129. The van der Waals surface area contributed by atoms with Crippen molar-refractivity contribution in [1.82, 2.24) is 0 Å². The Kier molecular flexibility index (Phi) is 9.53. The molecule has 0 saturated heterocycles. The summed E-state index contributed by atoms with van der Waals surface area (Å²) in [7, 11) is 0. The number of anilines is 3. The zero-order valence-electron chi connectivity index (χ0n) is 21.7. The van der Waals surface area contributed by atoms with Gasteiger partial charge in [0.05, 0.1) is 32.0 Å². The van der Waals surface area contributed by atoms with Crippen LogP contribution in [0.1, 0.15) is 27.4 Å². The van der Waals surface area contributed by atoms with E-state index in [0.29, 0.717) is 18.2 Å². The minimum absolute atomic E-state index is 0.179. The van der Waals surface area contributed by atoms with Gasteiger partial charge >= 0.3 is 18.3 Å². The molecule has 1 saturated carbocycles. The molecule has 0 aromatic heterocycles. The second-order valence-electron chi connectivity index (χ2n) is 9.37. The van der Waals surface area contributed by atoms with Gasteiger partial charge in [-0.25, -0.2) is 13.2 Å². The van der Waals surface area contributed by atoms with Crippen molar-refractivity contribution in [2.24, 2.45) is 5.92 Å². The number of alkyl halides is 8. The van der Waals surface area contributed by atoms with Gasteiger partial charge in [-0.3, -0.25) is 14.4 Å². The van der Waals surface area contributed by atoms with Crippen molar-refractivity contribution >= 4 is 83.2 Å². The van der Waals surface area contributed by atoms with E-state index in [2.05, 4.69) is 15.1 Å². The Balaban J connectivity index is 1.55. The van der Waals surface area contributed by atoms with E-state index in [9.17, 15) is 53.9 Å². The molecular weight excluding hydrogens is 783 g/mol. The minimum Gasteiger partial charge on any atom is -0.326 e. The first kappa shape index (κ1) is 34.5. The lowest BCUT2D eigenvalue weighted by atomic mass is 10.0. The van der Waals surface area contributed by atoms with E-state index in [1.54, 1.807) is 0 Å². The number of carbonyl (C=O) groups excluding carboxylic acids is 3. The molecule has 0 bridgehead atoms. The summed E-state index contributed by atoms with van der Waals surface area (Å²) in [6.45, 7) is 0. The van der Waals surface area contributed by atoms with Crippen molar-refractivity contribution in [2.45, 2.75) is 22.6 Å². The molecule has 0 spiro atoms. The monoisotopic (exact) mass is 797 g/mol. The van der Waals surface area contributed by atoms with Gasteiger partial charge in [0.1, 0.15) is 21.8 Å². The molecule has 0 radical (unpaired) electrons. The average molecular weight is 798 g/mol. The topological polar surface area (TPSA) is 87.3 Å². The predicted octanol–water partition coefficient (Wildman–Crippen LogP) is 7.97. The third-order valence-corrected chi connectivity index (χ3v) is 9.26. The van der Waals surface area contributed by atoms with Gasteiger partial charge in [0, 0.05) is 11.6 Å². The fourth-order valence-corrected chi connectivity index (χ4v) is 6.62. The van der Waals surface area contributed by atoms with Crippen LogP contribution < -0.4 is 16.0 Å². The summed E-state index contributed by atoms with van der Waals surface area (Å²) >= 11 is 10.8. The lowest BCUT2D eigenvalue weighted by molar-refractivity contribution is -0.167. The lowest BCUT2D eigenvalue weighted by Crippen LogP contribution is -2.30. The standard InChI is InChI=1S/C27H15Cl2F9IN3O3/c1-39-20-17(7-6-16(32)21(20)42-24(45)27(36,37)38)41-22(43)12-9-11(3-5-14(12)30)40-23(44)19-18(25(19,28)29)10-2-4-15(31)13(8-10)26(33,34)35/h2-9,18-19H,1H2,(H,40,44)(H,41,43)(H,42,45)/t18-,19+/m0/s1. The fraction of sp³-hybridized carbons (Fsp3) is 0.185. The maximum atomic E-state index is 14.6. The van der Waals surface area contributed by atoms with Gasteiger partial charge in [0.2, 0.25) is 5.91 Å². The minimum atomic E-state index is -5.35. The number of hydrogen-bond donors (Lipinski definition) is 3. The molecule has 6 nitrogen and oxygen atoms in total. The van der Waals surface area contributed by atoms with Crippen molar-refractivity contribution < 1.29 is 53.9 Å². The average Bonchev–Trinajstić information content (AvgIpc) is 3.52. The summed E-state index contributed by atoms with van der Waals surface area (Å²) in [6.07, 6.45) is -10.4. The number of halogens is 12. The van der Waals surface area contributed by atoms with Gasteiger partial charge in [0.25, 0.3) is 5.91 Å². The SMILES string of the molecule is C=Ic1c(NC(=O)c2cc(NC(=O)[C@H]3[C@H](c4ccc(F)c(C(F)(F)F)c4)C3(Cl)Cl)ccc2F)ccc(F)c1NC(=O)C(F)(F)F. The number of carbonyl (C=O) groups is 3. The van der Waals surface area contributed by atoms with Crippen LogP contribution in [-0.2, 0) is 15.8 Å². The van der Waals surface area contributed by atoms with Gasteiger partial charge in [-0.2, -0.15) is 26.3 Å². The van der Waals surface area contributed by atoms with Crippen LogP contribution >= 0.6 is 43.9 Å². The van der Waals surface area contributed by atoms with Crippen LogP contribution in [0.15, 0.2) is 48.5 Å². The molecule has 4 rings (SSSR count). The van der Waals surface area contributed by atoms with E-state index in [-0.39, 0.29) is 20.5 Å². The summed E-state index contributed by atoms with van der Waals surface area (Å²) < 4.78 is 122. The van der Waals surface area contributed by atoms with Crippen molar-refractivity contribution in [2.75, 3.05) is 16.0 Å². The van der Waals surface area contributed by atoms with Gasteiger partial charge in [-0.15, -0.1) is 23.2 Å². The summed E-state index contributed by atoms with van der Waals surface area (Å²) in [5.41, 5.74) is -3.81. The highest BCUT2D eigenvalue weighted by Gasteiger charge is 2.67. The van der Waals surface area contributed by atoms with Gasteiger partial charge in [-0.05, 0) is 48.0 Å². The second kappa shape index (κ2) is 12.4. The third-order valence-electron chi connectivity index (χ3n) is 6.44. The summed E-state index contributed by atoms with van der Waals surface area (Å²) in [5.74, 6) is -11.1. The van der Waals surface area contributed by atoms with Crippen LogP contribution in [0.5, 0.6) is 0 Å². The Morgan fingerprint density at radius 2 is 1.44 bits per heavy atom. The van der Waals surface area contributed by atoms with Crippen LogP contribution in [0.4, 0.5) is 56.6 Å². The van der Waals surface area contributed by atoms with E-state index in [1.807, 2.05) is 0 Å². The molecule has 3 amide bonds. The normalized spacial score (nSPS) is 17.4. The second-order valence-corrected chi connectivity index (χ2v) is 12.7. The van der Waals surface area contributed by atoms with Crippen molar-refractivity contribution in [3.05, 3.63) is 86.2 Å². The third kappa shape index (κ3) is 7.22. The molecule has 3 aromatic carbocycles. The van der Waals surface area contributed by atoms with E-state index >= 15 is 0 Å². The largest absolute Gasteiger partial charge is 0.471 e. The Labute approximate surface area is 267 Å². The highest BCUT2D eigenvalue weighted by atomic mass is 127. The van der Waals surface area contributed by atoms with Crippen LogP contribution in [0.2, 0.25) is 0 Å². The van der Waals surface area contributed by atoms with E-state index < -0.39 is 101 Å². The number of benzene rings is 3. The molecule has 3 N–H and O–H groups in total. The van der Waals surface area contributed by atoms with Gasteiger partial charge < -0.3 is 16.0 Å². The van der Waals surface area contributed by atoms with E-state index in [4.69, 9.17) is 23.2 Å². The maximum absolute atomic E-state index is 14.6. The fourth-order valence-electron chi connectivity index (χ4n) is 4.29.